The molecule has 6 heteroatoms. The Labute approximate surface area is 117 Å². The van der Waals surface area contributed by atoms with Crippen LogP contribution in [0.25, 0.3) is 21.9 Å². The number of hydrogen-bond acceptors (Lipinski definition) is 3. The Morgan fingerprint density at radius 2 is 1.70 bits per heavy atom. The molecule has 2 aromatic carbocycles. The number of anilines is 1. The van der Waals surface area contributed by atoms with Gasteiger partial charge in [-0.1, -0.05) is 18.2 Å². The molecular formula is C14H14N2O3S. The van der Waals surface area contributed by atoms with Gasteiger partial charge in [0.1, 0.15) is 11.2 Å². The number of hydrogen-bond donors (Lipinski definition) is 1. The standard InChI is InChI=1S/C14H14N2O3S/c1-16(2)20(17,18)15-10-7-8-12-11-5-3-4-6-13(11)19-14(12)9-10/h3-9,15H,1-2H3. The third-order valence-corrected chi connectivity index (χ3v) is 4.56. The Bertz CT molecular complexity index is 882. The minimum atomic E-state index is -3.51. The predicted octanol–water partition coefficient (Wildman–Crippen LogP) is 2.80. The molecule has 0 aliphatic rings. The van der Waals surface area contributed by atoms with E-state index >= 15 is 0 Å². The second-order valence-corrected chi connectivity index (χ2v) is 6.58. The lowest BCUT2D eigenvalue weighted by atomic mass is 10.1. The van der Waals surface area contributed by atoms with Crippen molar-refractivity contribution >= 4 is 37.8 Å². The Morgan fingerprint density at radius 3 is 2.45 bits per heavy atom. The van der Waals surface area contributed by atoms with Crippen LogP contribution >= 0.6 is 0 Å². The van der Waals surface area contributed by atoms with Crippen LogP contribution in [-0.2, 0) is 10.2 Å². The fourth-order valence-corrected chi connectivity index (χ4v) is 2.64. The molecule has 0 aliphatic heterocycles. The molecule has 5 nitrogen and oxygen atoms in total. The molecule has 1 aromatic heterocycles. The Morgan fingerprint density at radius 1 is 1.00 bits per heavy atom. The van der Waals surface area contributed by atoms with Crippen molar-refractivity contribution in [2.24, 2.45) is 0 Å². The summed E-state index contributed by atoms with van der Waals surface area (Å²) in [4.78, 5) is 0. The van der Waals surface area contributed by atoms with Crippen LogP contribution in [0.3, 0.4) is 0 Å². The van der Waals surface area contributed by atoms with Gasteiger partial charge >= 0.3 is 10.2 Å². The van der Waals surface area contributed by atoms with Crippen molar-refractivity contribution < 1.29 is 12.8 Å². The SMILES string of the molecule is CN(C)S(=O)(=O)Nc1ccc2c(c1)oc1ccccc12. The third kappa shape index (κ3) is 2.13. The summed E-state index contributed by atoms with van der Waals surface area (Å²) < 4.78 is 32.9. The van der Waals surface area contributed by atoms with E-state index in [1.807, 2.05) is 30.3 Å². The first-order chi connectivity index (χ1) is 9.47. The number of para-hydroxylation sites is 1. The number of furan rings is 1. The van der Waals surface area contributed by atoms with Crippen LogP contribution in [0.2, 0.25) is 0 Å². The van der Waals surface area contributed by atoms with Crippen molar-refractivity contribution in [3.05, 3.63) is 42.5 Å². The Hall–Kier alpha value is -2.05. The van der Waals surface area contributed by atoms with Gasteiger partial charge < -0.3 is 4.42 Å². The fourth-order valence-electron chi connectivity index (χ4n) is 2.03. The number of nitrogens with one attached hydrogen (secondary N) is 1. The van der Waals surface area contributed by atoms with Crippen molar-refractivity contribution in [3.63, 3.8) is 0 Å². The average molecular weight is 290 g/mol. The molecule has 0 fully saturated rings. The fraction of sp³-hybridized carbons (Fsp3) is 0.143. The van der Waals surface area contributed by atoms with E-state index in [4.69, 9.17) is 4.42 Å². The van der Waals surface area contributed by atoms with E-state index in [1.54, 1.807) is 12.1 Å². The third-order valence-electron chi connectivity index (χ3n) is 3.11. The highest BCUT2D eigenvalue weighted by Crippen LogP contribution is 2.30. The van der Waals surface area contributed by atoms with Crippen LogP contribution < -0.4 is 4.72 Å². The minimum Gasteiger partial charge on any atom is -0.456 e. The molecular weight excluding hydrogens is 276 g/mol. The molecule has 20 heavy (non-hydrogen) atoms. The average Bonchev–Trinajstić information content (AvgIpc) is 2.75. The molecule has 0 bridgehead atoms. The molecule has 0 spiro atoms. The molecule has 3 rings (SSSR count). The second-order valence-electron chi connectivity index (χ2n) is 4.70. The molecule has 0 saturated heterocycles. The van der Waals surface area contributed by atoms with Gasteiger partial charge in [-0.2, -0.15) is 12.7 Å². The highest BCUT2D eigenvalue weighted by molar-refractivity contribution is 7.90. The number of nitrogens with zero attached hydrogens (tertiary/aromatic N) is 1. The molecule has 1 heterocycles. The summed E-state index contributed by atoms with van der Waals surface area (Å²) in [7, 11) is -0.560. The van der Waals surface area contributed by atoms with Crippen molar-refractivity contribution in [2.45, 2.75) is 0 Å². The molecule has 1 N–H and O–H groups in total. The zero-order chi connectivity index (χ0) is 14.3. The second kappa shape index (κ2) is 4.50. The summed E-state index contributed by atoms with van der Waals surface area (Å²) in [6, 6.07) is 13.0. The smallest absolute Gasteiger partial charge is 0.301 e. The molecule has 0 aliphatic carbocycles. The van der Waals surface area contributed by atoms with Crippen molar-refractivity contribution in [1.82, 2.24) is 4.31 Å². The van der Waals surface area contributed by atoms with E-state index in [0.29, 0.717) is 11.3 Å². The van der Waals surface area contributed by atoms with E-state index in [0.717, 1.165) is 20.7 Å². The number of rotatable bonds is 3. The first-order valence-corrected chi connectivity index (χ1v) is 7.53. The van der Waals surface area contributed by atoms with Crippen molar-refractivity contribution in [3.8, 4) is 0 Å². The van der Waals surface area contributed by atoms with Crippen molar-refractivity contribution in [2.75, 3.05) is 18.8 Å². The Kier molecular flexibility index (Phi) is 2.92. The van der Waals surface area contributed by atoms with Gasteiger partial charge in [-0.3, -0.25) is 4.72 Å². The summed E-state index contributed by atoms with van der Waals surface area (Å²) in [6.45, 7) is 0. The molecule has 0 unspecified atom stereocenters. The highest BCUT2D eigenvalue weighted by Gasteiger charge is 2.14. The summed E-state index contributed by atoms with van der Waals surface area (Å²) in [5, 5.41) is 1.98. The lowest BCUT2D eigenvalue weighted by Crippen LogP contribution is -2.28. The van der Waals surface area contributed by atoms with E-state index in [1.165, 1.54) is 14.1 Å². The number of fused-ring (bicyclic) bond motifs is 3. The zero-order valence-corrected chi connectivity index (χ0v) is 11.9. The zero-order valence-electron chi connectivity index (χ0n) is 11.1. The summed E-state index contributed by atoms with van der Waals surface area (Å²) >= 11 is 0. The molecule has 0 saturated carbocycles. The summed E-state index contributed by atoms with van der Waals surface area (Å²) in [5.74, 6) is 0. The highest BCUT2D eigenvalue weighted by atomic mass is 32.2. The minimum absolute atomic E-state index is 0.477. The maximum atomic E-state index is 11.8. The van der Waals surface area contributed by atoms with Gasteiger partial charge in [-0.05, 0) is 18.2 Å². The van der Waals surface area contributed by atoms with E-state index < -0.39 is 10.2 Å². The van der Waals surface area contributed by atoms with Crippen LogP contribution in [0, 0.1) is 0 Å². The van der Waals surface area contributed by atoms with E-state index in [2.05, 4.69) is 4.72 Å². The van der Waals surface area contributed by atoms with Crippen LogP contribution in [0.15, 0.2) is 46.9 Å². The van der Waals surface area contributed by atoms with Crippen LogP contribution in [-0.4, -0.2) is 26.8 Å². The molecule has 0 amide bonds. The molecule has 0 radical (unpaired) electrons. The molecule has 3 aromatic rings. The van der Waals surface area contributed by atoms with E-state index in [-0.39, 0.29) is 0 Å². The van der Waals surface area contributed by atoms with Gasteiger partial charge in [-0.15, -0.1) is 0 Å². The van der Waals surface area contributed by atoms with Crippen LogP contribution in [0.4, 0.5) is 5.69 Å². The first kappa shape index (κ1) is 13.0. The first-order valence-electron chi connectivity index (χ1n) is 6.09. The van der Waals surface area contributed by atoms with Gasteiger partial charge in [0.15, 0.2) is 0 Å². The summed E-state index contributed by atoms with van der Waals surface area (Å²) in [6.07, 6.45) is 0. The monoisotopic (exact) mass is 290 g/mol. The van der Waals surface area contributed by atoms with Gasteiger partial charge in [-0.25, -0.2) is 0 Å². The predicted molar refractivity (Wildman–Crippen MR) is 79.9 cm³/mol. The molecule has 104 valence electrons. The van der Waals surface area contributed by atoms with Gasteiger partial charge in [0.25, 0.3) is 0 Å². The van der Waals surface area contributed by atoms with Gasteiger partial charge in [0.05, 0.1) is 5.69 Å². The lowest BCUT2D eigenvalue weighted by molar-refractivity contribution is 0.527. The maximum Gasteiger partial charge on any atom is 0.301 e. The van der Waals surface area contributed by atoms with Gasteiger partial charge in [0, 0.05) is 30.9 Å². The Balaban J connectivity index is 2.10. The normalized spacial score (nSPS) is 12.3. The topological polar surface area (TPSA) is 62.6 Å². The van der Waals surface area contributed by atoms with E-state index in [9.17, 15) is 8.42 Å². The summed E-state index contributed by atoms with van der Waals surface area (Å²) in [5.41, 5.74) is 1.92. The molecule has 0 atom stereocenters. The maximum absolute atomic E-state index is 11.8. The van der Waals surface area contributed by atoms with Crippen LogP contribution in [0.5, 0.6) is 0 Å². The lowest BCUT2D eigenvalue weighted by Gasteiger charge is -2.13. The quantitative estimate of drug-likeness (QED) is 0.806. The largest absolute Gasteiger partial charge is 0.456 e. The van der Waals surface area contributed by atoms with Crippen LogP contribution in [0.1, 0.15) is 0 Å². The number of benzene rings is 2. The van der Waals surface area contributed by atoms with Crippen molar-refractivity contribution in [1.29, 1.82) is 0 Å². The van der Waals surface area contributed by atoms with Gasteiger partial charge in [0.2, 0.25) is 0 Å².